The van der Waals surface area contributed by atoms with E-state index in [2.05, 4.69) is 25.4 Å². The quantitative estimate of drug-likeness (QED) is 0.638. The number of carbonyl (C=O) groups is 1. The second-order valence-corrected chi connectivity index (χ2v) is 5.40. The molecule has 2 aromatic rings. The molecule has 9 heteroatoms. The van der Waals surface area contributed by atoms with Crippen LogP contribution in [0.3, 0.4) is 0 Å². The van der Waals surface area contributed by atoms with Gasteiger partial charge in [0.15, 0.2) is 0 Å². The lowest BCUT2D eigenvalue weighted by Crippen LogP contribution is -2.49. The molecule has 0 bridgehead atoms. The van der Waals surface area contributed by atoms with Crippen molar-refractivity contribution in [1.82, 2.24) is 20.1 Å². The minimum atomic E-state index is -0.340. The number of carbonyl (C=O) groups excluding carboxylic acids is 1. The molecule has 1 aliphatic rings. The summed E-state index contributed by atoms with van der Waals surface area (Å²) in [5.74, 6) is -0.268. The Labute approximate surface area is 143 Å². The maximum atomic E-state index is 13.0. The van der Waals surface area contributed by atoms with E-state index in [0.717, 1.165) is 5.69 Å². The van der Waals surface area contributed by atoms with Gasteiger partial charge in [-0.3, -0.25) is 4.79 Å². The van der Waals surface area contributed by atoms with E-state index in [1.165, 1.54) is 24.7 Å². The molecule has 0 radical (unpaired) electrons. The van der Waals surface area contributed by atoms with E-state index in [4.69, 9.17) is 0 Å². The first-order valence-corrected chi connectivity index (χ1v) is 7.69. The Morgan fingerprint density at radius 2 is 2.00 bits per heavy atom. The van der Waals surface area contributed by atoms with Crippen LogP contribution in [0.5, 0.6) is 0 Å². The molecule has 0 aliphatic carbocycles. The van der Waals surface area contributed by atoms with E-state index >= 15 is 0 Å². The predicted octanol–water partition coefficient (Wildman–Crippen LogP) is 1.11. The fraction of sp³-hybridized carbons (Fsp3) is 0.250. The maximum absolute atomic E-state index is 13.0. The lowest BCUT2D eigenvalue weighted by Gasteiger charge is -2.36. The highest BCUT2D eigenvalue weighted by molar-refractivity contribution is 5.97. The van der Waals surface area contributed by atoms with Gasteiger partial charge in [-0.2, -0.15) is 15.3 Å². The molecule has 1 aliphatic heterocycles. The molecule has 128 valence electrons. The summed E-state index contributed by atoms with van der Waals surface area (Å²) in [5, 5.41) is 18.2. The lowest BCUT2D eigenvalue weighted by molar-refractivity contribution is -0.127. The van der Waals surface area contributed by atoms with Gasteiger partial charge in [0.05, 0.1) is 0 Å². The SMILES string of the molecule is N#C/C(=C/Nc1ncn[nH]1)C(=O)N1CCN(c2ccc(F)cc2)CC1. The maximum Gasteiger partial charge on any atom is 0.266 e. The van der Waals surface area contributed by atoms with Crippen LogP contribution in [0, 0.1) is 17.1 Å². The average Bonchev–Trinajstić information content (AvgIpc) is 3.16. The number of nitriles is 1. The van der Waals surface area contributed by atoms with E-state index in [-0.39, 0.29) is 17.3 Å². The minimum Gasteiger partial charge on any atom is -0.368 e. The van der Waals surface area contributed by atoms with Gasteiger partial charge in [-0.25, -0.2) is 9.49 Å². The molecule has 3 rings (SSSR count). The highest BCUT2D eigenvalue weighted by Gasteiger charge is 2.24. The Bertz CT molecular complexity index is 787. The number of H-pyrrole nitrogens is 1. The van der Waals surface area contributed by atoms with Crippen molar-refractivity contribution < 1.29 is 9.18 Å². The zero-order valence-electron chi connectivity index (χ0n) is 13.3. The number of piperazine rings is 1. The minimum absolute atomic E-state index is 0.00775. The Kier molecular flexibility index (Phi) is 4.89. The Hall–Kier alpha value is -3.41. The Morgan fingerprint density at radius 1 is 1.28 bits per heavy atom. The predicted molar refractivity (Wildman–Crippen MR) is 88.9 cm³/mol. The van der Waals surface area contributed by atoms with Crippen molar-refractivity contribution in [3.8, 4) is 6.07 Å². The first-order valence-electron chi connectivity index (χ1n) is 7.69. The molecule has 1 fully saturated rings. The molecular weight excluding hydrogens is 325 g/mol. The zero-order valence-corrected chi connectivity index (χ0v) is 13.3. The van der Waals surface area contributed by atoms with Gasteiger partial charge >= 0.3 is 0 Å². The molecule has 0 atom stereocenters. The normalized spacial score (nSPS) is 15.0. The van der Waals surface area contributed by atoms with Crippen molar-refractivity contribution in [2.24, 2.45) is 0 Å². The molecule has 1 aromatic heterocycles. The number of rotatable bonds is 4. The van der Waals surface area contributed by atoms with E-state index in [0.29, 0.717) is 32.1 Å². The van der Waals surface area contributed by atoms with Crippen molar-refractivity contribution in [3.05, 3.63) is 48.2 Å². The van der Waals surface area contributed by atoms with Crippen LogP contribution >= 0.6 is 0 Å². The summed E-state index contributed by atoms with van der Waals surface area (Å²) in [7, 11) is 0. The van der Waals surface area contributed by atoms with Crippen LogP contribution in [0.1, 0.15) is 0 Å². The number of hydrogen-bond acceptors (Lipinski definition) is 6. The summed E-state index contributed by atoms with van der Waals surface area (Å²) in [5.41, 5.74) is 0.906. The van der Waals surface area contributed by atoms with Gasteiger partial charge < -0.3 is 15.1 Å². The first-order chi connectivity index (χ1) is 12.2. The third-order valence-corrected chi connectivity index (χ3v) is 3.88. The molecule has 1 aromatic carbocycles. The van der Waals surface area contributed by atoms with Gasteiger partial charge in [0.25, 0.3) is 5.91 Å². The van der Waals surface area contributed by atoms with Crippen molar-refractivity contribution in [3.63, 3.8) is 0 Å². The Morgan fingerprint density at radius 3 is 2.60 bits per heavy atom. The summed E-state index contributed by atoms with van der Waals surface area (Å²) in [6.07, 6.45) is 2.63. The number of nitrogens with zero attached hydrogens (tertiary/aromatic N) is 5. The summed E-state index contributed by atoms with van der Waals surface area (Å²) in [6, 6.07) is 8.17. The van der Waals surface area contributed by atoms with E-state index in [1.807, 2.05) is 6.07 Å². The van der Waals surface area contributed by atoms with Gasteiger partial charge in [-0.15, -0.1) is 0 Å². The largest absolute Gasteiger partial charge is 0.368 e. The molecule has 8 nitrogen and oxygen atoms in total. The fourth-order valence-corrected chi connectivity index (χ4v) is 2.55. The van der Waals surface area contributed by atoms with Gasteiger partial charge in [-0.1, -0.05) is 0 Å². The fourth-order valence-electron chi connectivity index (χ4n) is 2.55. The van der Waals surface area contributed by atoms with Crippen LogP contribution in [0.25, 0.3) is 0 Å². The monoisotopic (exact) mass is 341 g/mol. The van der Waals surface area contributed by atoms with Gasteiger partial charge in [0.1, 0.15) is 23.8 Å². The third-order valence-electron chi connectivity index (χ3n) is 3.88. The van der Waals surface area contributed by atoms with Crippen molar-refractivity contribution in [2.45, 2.75) is 0 Å². The molecule has 0 saturated carbocycles. The Balaban J connectivity index is 1.59. The van der Waals surface area contributed by atoms with Crippen LogP contribution in [-0.2, 0) is 4.79 Å². The topological polar surface area (TPSA) is 101 Å². The van der Waals surface area contributed by atoms with Gasteiger partial charge in [0, 0.05) is 38.1 Å². The van der Waals surface area contributed by atoms with E-state index < -0.39 is 0 Å². The van der Waals surface area contributed by atoms with Crippen LogP contribution in [-0.4, -0.2) is 52.2 Å². The molecule has 1 saturated heterocycles. The summed E-state index contributed by atoms with van der Waals surface area (Å²) in [6.45, 7) is 2.20. The number of nitrogens with one attached hydrogen (secondary N) is 2. The molecule has 0 spiro atoms. The van der Waals surface area contributed by atoms with Crippen molar-refractivity contribution in [1.29, 1.82) is 5.26 Å². The molecule has 2 N–H and O–H groups in total. The summed E-state index contributed by atoms with van der Waals surface area (Å²) in [4.78, 5) is 20.0. The second kappa shape index (κ2) is 7.44. The van der Waals surface area contributed by atoms with Crippen LogP contribution in [0.15, 0.2) is 42.4 Å². The van der Waals surface area contributed by atoms with Crippen LogP contribution in [0.2, 0.25) is 0 Å². The number of aromatic nitrogens is 3. The number of benzene rings is 1. The van der Waals surface area contributed by atoms with E-state index in [1.54, 1.807) is 17.0 Å². The molecule has 25 heavy (non-hydrogen) atoms. The highest BCUT2D eigenvalue weighted by Crippen LogP contribution is 2.17. The second-order valence-electron chi connectivity index (χ2n) is 5.40. The summed E-state index contributed by atoms with van der Waals surface area (Å²) < 4.78 is 13.0. The number of anilines is 2. The highest BCUT2D eigenvalue weighted by atomic mass is 19.1. The molecule has 0 unspecified atom stereocenters. The van der Waals surface area contributed by atoms with Crippen molar-refractivity contribution >= 4 is 17.5 Å². The van der Waals surface area contributed by atoms with Crippen molar-refractivity contribution in [2.75, 3.05) is 36.4 Å². The average molecular weight is 341 g/mol. The molecular formula is C16H16FN7O. The zero-order chi connectivity index (χ0) is 17.6. The van der Waals surface area contributed by atoms with E-state index in [9.17, 15) is 14.4 Å². The first kappa shape index (κ1) is 16.4. The van der Waals surface area contributed by atoms with Gasteiger partial charge in [0.2, 0.25) is 5.95 Å². The molecule has 1 amide bonds. The smallest absolute Gasteiger partial charge is 0.266 e. The van der Waals surface area contributed by atoms with Crippen LogP contribution in [0.4, 0.5) is 16.0 Å². The number of hydrogen-bond donors (Lipinski definition) is 2. The third kappa shape index (κ3) is 3.92. The number of aromatic amines is 1. The molecule has 2 heterocycles. The standard InChI is InChI=1S/C16H16FN7O/c17-13-1-3-14(4-2-13)23-5-7-24(8-6-23)15(25)12(9-18)10-19-16-20-11-21-22-16/h1-4,10-11H,5-8H2,(H2,19,20,21,22)/b12-10-. The van der Waals surface area contributed by atoms with Crippen LogP contribution < -0.4 is 10.2 Å². The van der Waals surface area contributed by atoms with Gasteiger partial charge in [-0.05, 0) is 24.3 Å². The number of halogens is 1. The lowest BCUT2D eigenvalue weighted by atomic mass is 10.2. The number of amides is 1. The summed E-state index contributed by atoms with van der Waals surface area (Å²) >= 11 is 0.